The standard InChI is InChI=1S/C23H27FN6O/c1-14-26-21(20-13-25-30(22(20)27-14)19-11-5-16(24)6-12-19)28-17-7-9-18(10-8-17)29-23(31)15-3-2-4-15/h5-6,11-13,15,17-18H,2-4,7-10H2,1H3,(H,29,31)(H,26,27,28). The minimum Gasteiger partial charge on any atom is -0.367 e. The smallest absolute Gasteiger partial charge is 0.223 e. The predicted molar refractivity (Wildman–Crippen MR) is 117 cm³/mol. The number of benzene rings is 1. The average molecular weight is 423 g/mol. The van der Waals surface area contributed by atoms with Gasteiger partial charge in [0.1, 0.15) is 17.5 Å². The Balaban J connectivity index is 1.28. The fourth-order valence-corrected chi connectivity index (χ4v) is 4.46. The van der Waals surface area contributed by atoms with Crippen molar-refractivity contribution in [2.75, 3.05) is 5.32 Å². The van der Waals surface area contributed by atoms with Gasteiger partial charge in [0, 0.05) is 18.0 Å². The fraction of sp³-hybridized carbons (Fsp3) is 0.478. The Kier molecular flexibility index (Phi) is 5.29. The number of aryl methyl sites for hydroxylation is 1. The van der Waals surface area contributed by atoms with Crippen LogP contribution >= 0.6 is 0 Å². The SMILES string of the molecule is Cc1nc(NC2CCC(NC(=O)C3CCC3)CC2)c2cnn(-c3ccc(F)cc3)c2n1. The van der Waals surface area contributed by atoms with Crippen LogP contribution in [0.2, 0.25) is 0 Å². The van der Waals surface area contributed by atoms with Gasteiger partial charge in [0.25, 0.3) is 0 Å². The number of aromatic nitrogens is 4. The lowest BCUT2D eigenvalue weighted by molar-refractivity contribution is -0.128. The maximum absolute atomic E-state index is 13.3. The molecular weight excluding hydrogens is 395 g/mol. The van der Waals surface area contributed by atoms with Crippen LogP contribution in [0.15, 0.2) is 30.5 Å². The molecule has 8 heteroatoms. The van der Waals surface area contributed by atoms with Crippen LogP contribution < -0.4 is 10.6 Å². The Morgan fingerprint density at radius 3 is 2.42 bits per heavy atom. The van der Waals surface area contributed by atoms with Crippen molar-refractivity contribution in [3.63, 3.8) is 0 Å². The normalized spacial score (nSPS) is 21.6. The van der Waals surface area contributed by atoms with E-state index < -0.39 is 0 Å². The molecule has 2 aliphatic rings. The number of anilines is 1. The topological polar surface area (TPSA) is 84.7 Å². The van der Waals surface area contributed by atoms with E-state index in [1.54, 1.807) is 23.0 Å². The molecule has 1 amide bonds. The van der Waals surface area contributed by atoms with Crippen LogP contribution in [0.1, 0.15) is 50.8 Å². The highest BCUT2D eigenvalue weighted by molar-refractivity contribution is 5.87. The molecule has 3 aromatic rings. The lowest BCUT2D eigenvalue weighted by Crippen LogP contribution is -2.44. The quantitative estimate of drug-likeness (QED) is 0.651. The molecule has 0 spiro atoms. The zero-order valence-corrected chi connectivity index (χ0v) is 17.6. The van der Waals surface area contributed by atoms with Gasteiger partial charge in [0.2, 0.25) is 5.91 Å². The van der Waals surface area contributed by atoms with Crippen LogP contribution in [0.4, 0.5) is 10.2 Å². The summed E-state index contributed by atoms with van der Waals surface area (Å²) in [4.78, 5) is 21.4. The first-order valence-corrected chi connectivity index (χ1v) is 11.1. The highest BCUT2D eigenvalue weighted by Crippen LogP contribution is 2.29. The van der Waals surface area contributed by atoms with Gasteiger partial charge < -0.3 is 10.6 Å². The molecule has 0 radical (unpaired) electrons. The van der Waals surface area contributed by atoms with Gasteiger partial charge in [-0.3, -0.25) is 4.79 Å². The molecule has 2 N–H and O–H groups in total. The van der Waals surface area contributed by atoms with Crippen molar-refractivity contribution in [3.8, 4) is 5.69 Å². The number of hydrogen-bond donors (Lipinski definition) is 2. The van der Waals surface area contributed by atoms with Crippen molar-refractivity contribution in [2.45, 2.75) is 64.0 Å². The summed E-state index contributed by atoms with van der Waals surface area (Å²) in [7, 11) is 0. The summed E-state index contributed by atoms with van der Waals surface area (Å²) in [5, 5.41) is 12.1. The summed E-state index contributed by atoms with van der Waals surface area (Å²) < 4.78 is 15.0. The van der Waals surface area contributed by atoms with Crippen molar-refractivity contribution < 1.29 is 9.18 Å². The first-order chi connectivity index (χ1) is 15.1. The van der Waals surface area contributed by atoms with E-state index in [2.05, 4.69) is 25.7 Å². The van der Waals surface area contributed by atoms with Crippen molar-refractivity contribution in [2.24, 2.45) is 5.92 Å². The number of nitrogens with zero attached hydrogens (tertiary/aromatic N) is 4. The van der Waals surface area contributed by atoms with Gasteiger partial charge in [-0.1, -0.05) is 6.42 Å². The molecule has 0 atom stereocenters. The van der Waals surface area contributed by atoms with Gasteiger partial charge in [-0.25, -0.2) is 19.0 Å². The van der Waals surface area contributed by atoms with E-state index in [1.165, 1.54) is 18.6 Å². The second-order valence-electron chi connectivity index (χ2n) is 8.72. The van der Waals surface area contributed by atoms with Crippen molar-refractivity contribution in [1.82, 2.24) is 25.1 Å². The number of carbonyl (C=O) groups excluding carboxylic acids is 1. The number of hydrogen-bond acceptors (Lipinski definition) is 5. The van der Waals surface area contributed by atoms with Crippen molar-refractivity contribution >= 4 is 22.8 Å². The fourth-order valence-electron chi connectivity index (χ4n) is 4.46. The number of nitrogens with one attached hydrogen (secondary N) is 2. The van der Waals surface area contributed by atoms with E-state index in [1.807, 2.05) is 6.92 Å². The van der Waals surface area contributed by atoms with Gasteiger partial charge in [0.05, 0.1) is 17.3 Å². The summed E-state index contributed by atoms with van der Waals surface area (Å²) in [6.07, 6.45) is 8.91. The number of amides is 1. The molecule has 2 fully saturated rings. The number of fused-ring (bicyclic) bond motifs is 1. The third kappa shape index (κ3) is 4.11. The van der Waals surface area contributed by atoms with Crippen LogP contribution in [0.25, 0.3) is 16.7 Å². The molecule has 2 heterocycles. The van der Waals surface area contributed by atoms with E-state index in [-0.39, 0.29) is 23.7 Å². The molecule has 5 rings (SSSR count). The van der Waals surface area contributed by atoms with Crippen LogP contribution in [0.5, 0.6) is 0 Å². The Labute approximate surface area is 180 Å². The van der Waals surface area contributed by atoms with Gasteiger partial charge in [-0.05, 0) is 69.7 Å². The van der Waals surface area contributed by atoms with E-state index >= 15 is 0 Å². The molecule has 31 heavy (non-hydrogen) atoms. The maximum atomic E-state index is 13.3. The number of carbonyl (C=O) groups is 1. The van der Waals surface area contributed by atoms with Crippen LogP contribution in [-0.4, -0.2) is 37.7 Å². The Hall–Kier alpha value is -3.03. The molecule has 1 aromatic carbocycles. The molecule has 0 unspecified atom stereocenters. The van der Waals surface area contributed by atoms with Crippen molar-refractivity contribution in [1.29, 1.82) is 0 Å². The lowest BCUT2D eigenvalue weighted by Gasteiger charge is -2.32. The van der Waals surface area contributed by atoms with Crippen LogP contribution in [0.3, 0.4) is 0 Å². The summed E-state index contributed by atoms with van der Waals surface area (Å²) in [5.41, 5.74) is 1.45. The lowest BCUT2D eigenvalue weighted by atomic mass is 9.84. The molecule has 0 aliphatic heterocycles. The number of rotatable bonds is 5. The first-order valence-electron chi connectivity index (χ1n) is 11.1. The van der Waals surface area contributed by atoms with Crippen molar-refractivity contribution in [3.05, 3.63) is 42.1 Å². The van der Waals surface area contributed by atoms with E-state index in [4.69, 9.17) is 0 Å². The Morgan fingerprint density at radius 2 is 1.74 bits per heavy atom. The van der Waals surface area contributed by atoms with Crippen LogP contribution in [-0.2, 0) is 4.79 Å². The molecule has 7 nitrogen and oxygen atoms in total. The molecule has 162 valence electrons. The third-order valence-electron chi connectivity index (χ3n) is 6.50. The summed E-state index contributed by atoms with van der Waals surface area (Å²) in [6, 6.07) is 6.77. The van der Waals surface area contributed by atoms with Gasteiger partial charge in [-0.15, -0.1) is 0 Å². The molecule has 0 bridgehead atoms. The Morgan fingerprint density at radius 1 is 1.03 bits per heavy atom. The largest absolute Gasteiger partial charge is 0.367 e. The van der Waals surface area contributed by atoms with Gasteiger partial charge in [-0.2, -0.15) is 5.10 Å². The second kappa shape index (κ2) is 8.24. The van der Waals surface area contributed by atoms with E-state index in [0.717, 1.165) is 55.4 Å². The van der Waals surface area contributed by atoms with E-state index in [0.29, 0.717) is 17.5 Å². The highest BCUT2D eigenvalue weighted by atomic mass is 19.1. The third-order valence-corrected chi connectivity index (χ3v) is 6.50. The van der Waals surface area contributed by atoms with Crippen LogP contribution in [0, 0.1) is 18.7 Å². The molecule has 0 saturated heterocycles. The molecule has 2 aromatic heterocycles. The molecule has 2 saturated carbocycles. The van der Waals surface area contributed by atoms with Gasteiger partial charge in [0.15, 0.2) is 5.65 Å². The second-order valence-corrected chi connectivity index (χ2v) is 8.72. The number of halogens is 1. The summed E-state index contributed by atoms with van der Waals surface area (Å²) in [6.45, 7) is 1.86. The minimum absolute atomic E-state index is 0.240. The summed E-state index contributed by atoms with van der Waals surface area (Å²) in [5.74, 6) is 1.63. The first kappa shape index (κ1) is 19.9. The molecule has 2 aliphatic carbocycles. The van der Waals surface area contributed by atoms with E-state index in [9.17, 15) is 9.18 Å². The summed E-state index contributed by atoms with van der Waals surface area (Å²) >= 11 is 0. The molecular formula is C23H27FN6O. The predicted octanol–water partition coefficient (Wildman–Crippen LogP) is 3.90. The minimum atomic E-state index is -0.284. The maximum Gasteiger partial charge on any atom is 0.223 e. The zero-order chi connectivity index (χ0) is 21.4. The monoisotopic (exact) mass is 422 g/mol. The highest BCUT2D eigenvalue weighted by Gasteiger charge is 2.29. The van der Waals surface area contributed by atoms with Gasteiger partial charge >= 0.3 is 0 Å². The average Bonchev–Trinajstić information content (AvgIpc) is 3.12. The zero-order valence-electron chi connectivity index (χ0n) is 17.6. The Bertz CT molecular complexity index is 1080.